The Morgan fingerprint density at radius 1 is 1.65 bits per heavy atom. The van der Waals surface area contributed by atoms with Gasteiger partial charge in [0.1, 0.15) is 5.76 Å². The molecule has 0 bridgehead atoms. The minimum atomic E-state index is -1.06. The Bertz CT molecular complexity index is 490. The summed E-state index contributed by atoms with van der Waals surface area (Å²) < 4.78 is 5.13. The van der Waals surface area contributed by atoms with E-state index in [1.54, 1.807) is 12.3 Å². The summed E-state index contributed by atoms with van der Waals surface area (Å²) in [6.45, 7) is 2.46. The van der Waals surface area contributed by atoms with Crippen LogP contribution in [0.1, 0.15) is 34.8 Å². The van der Waals surface area contributed by atoms with Gasteiger partial charge in [0.15, 0.2) is 0 Å². The minimum Gasteiger partial charge on any atom is -0.475 e. The minimum absolute atomic E-state index is 0.0437. The number of furan rings is 1. The molecule has 90 valence electrons. The SMILES string of the molecule is CC(NCc1ccc(C(=O)O)o1)c1cn[nH]c1. The first-order valence-electron chi connectivity index (χ1n) is 5.21. The molecule has 0 aliphatic heterocycles. The van der Waals surface area contributed by atoms with Crippen LogP contribution in [-0.2, 0) is 6.54 Å². The van der Waals surface area contributed by atoms with E-state index in [4.69, 9.17) is 9.52 Å². The molecule has 0 aliphatic rings. The smallest absolute Gasteiger partial charge is 0.371 e. The first-order valence-corrected chi connectivity index (χ1v) is 5.21. The zero-order valence-corrected chi connectivity index (χ0v) is 9.30. The maximum Gasteiger partial charge on any atom is 0.371 e. The summed E-state index contributed by atoms with van der Waals surface area (Å²) in [5.41, 5.74) is 1.04. The molecule has 6 nitrogen and oxygen atoms in total. The number of carboxylic acid groups (broad SMARTS) is 1. The molecule has 2 rings (SSSR count). The third-order valence-electron chi connectivity index (χ3n) is 2.47. The number of carboxylic acids is 1. The Labute approximate surface area is 97.6 Å². The normalized spacial score (nSPS) is 12.5. The average molecular weight is 235 g/mol. The largest absolute Gasteiger partial charge is 0.475 e. The molecule has 0 aromatic carbocycles. The number of aromatic carboxylic acids is 1. The van der Waals surface area contributed by atoms with E-state index in [0.29, 0.717) is 12.3 Å². The van der Waals surface area contributed by atoms with Crippen molar-refractivity contribution < 1.29 is 14.3 Å². The zero-order chi connectivity index (χ0) is 12.3. The van der Waals surface area contributed by atoms with Crippen molar-refractivity contribution in [3.05, 3.63) is 41.6 Å². The van der Waals surface area contributed by atoms with Crippen LogP contribution in [0.25, 0.3) is 0 Å². The van der Waals surface area contributed by atoms with Gasteiger partial charge in [-0.3, -0.25) is 5.10 Å². The van der Waals surface area contributed by atoms with Gasteiger partial charge in [0.25, 0.3) is 0 Å². The maximum absolute atomic E-state index is 10.6. The van der Waals surface area contributed by atoms with Gasteiger partial charge in [-0.25, -0.2) is 4.79 Å². The van der Waals surface area contributed by atoms with Crippen molar-refractivity contribution >= 4 is 5.97 Å². The van der Waals surface area contributed by atoms with Crippen molar-refractivity contribution in [3.8, 4) is 0 Å². The molecule has 17 heavy (non-hydrogen) atoms. The van der Waals surface area contributed by atoms with Gasteiger partial charge >= 0.3 is 5.97 Å². The van der Waals surface area contributed by atoms with E-state index in [2.05, 4.69) is 15.5 Å². The molecule has 0 saturated carbocycles. The second-order valence-corrected chi connectivity index (χ2v) is 3.71. The molecule has 2 aromatic rings. The van der Waals surface area contributed by atoms with E-state index >= 15 is 0 Å². The predicted molar refractivity (Wildman–Crippen MR) is 59.5 cm³/mol. The summed E-state index contributed by atoms with van der Waals surface area (Å²) in [6, 6.07) is 3.22. The number of carbonyl (C=O) groups is 1. The standard InChI is InChI=1S/C11H13N3O3/c1-7(8-4-13-14-5-8)12-6-9-2-3-10(17-9)11(15)16/h2-5,7,12H,6H2,1H3,(H,13,14)(H,15,16). The Hall–Kier alpha value is -2.08. The van der Waals surface area contributed by atoms with Gasteiger partial charge in [-0.05, 0) is 19.1 Å². The van der Waals surface area contributed by atoms with E-state index in [1.165, 1.54) is 6.07 Å². The van der Waals surface area contributed by atoms with Crippen LogP contribution in [0, 0.1) is 0 Å². The van der Waals surface area contributed by atoms with Crippen molar-refractivity contribution in [2.24, 2.45) is 0 Å². The van der Waals surface area contributed by atoms with Gasteiger partial charge in [-0.2, -0.15) is 5.10 Å². The number of H-pyrrole nitrogens is 1. The summed E-state index contributed by atoms with van der Waals surface area (Å²) >= 11 is 0. The summed E-state index contributed by atoms with van der Waals surface area (Å²) in [7, 11) is 0. The van der Waals surface area contributed by atoms with Crippen LogP contribution >= 0.6 is 0 Å². The molecule has 3 N–H and O–H groups in total. The van der Waals surface area contributed by atoms with E-state index in [9.17, 15) is 4.79 Å². The van der Waals surface area contributed by atoms with E-state index < -0.39 is 5.97 Å². The van der Waals surface area contributed by atoms with Gasteiger partial charge in [0.2, 0.25) is 5.76 Å². The van der Waals surface area contributed by atoms with Crippen LogP contribution in [0.15, 0.2) is 28.9 Å². The number of nitrogens with one attached hydrogen (secondary N) is 2. The van der Waals surface area contributed by atoms with Crippen LogP contribution in [0.4, 0.5) is 0 Å². The second-order valence-electron chi connectivity index (χ2n) is 3.71. The molecular weight excluding hydrogens is 222 g/mol. The highest BCUT2D eigenvalue weighted by molar-refractivity contribution is 5.84. The fourth-order valence-electron chi connectivity index (χ4n) is 1.46. The van der Waals surface area contributed by atoms with Gasteiger partial charge in [0.05, 0.1) is 12.7 Å². The monoisotopic (exact) mass is 235 g/mol. The van der Waals surface area contributed by atoms with Gasteiger partial charge < -0.3 is 14.8 Å². The summed E-state index contributed by atoms with van der Waals surface area (Å²) in [5.74, 6) is -0.505. The topological polar surface area (TPSA) is 91.2 Å². The summed E-state index contributed by atoms with van der Waals surface area (Å²) in [4.78, 5) is 10.6. The van der Waals surface area contributed by atoms with E-state index in [-0.39, 0.29) is 11.8 Å². The fourth-order valence-corrected chi connectivity index (χ4v) is 1.46. The Morgan fingerprint density at radius 2 is 2.47 bits per heavy atom. The van der Waals surface area contributed by atoms with Crippen molar-refractivity contribution in [2.45, 2.75) is 19.5 Å². The predicted octanol–water partition coefficient (Wildman–Crippen LogP) is 1.55. The first kappa shape index (κ1) is 11.4. The highest BCUT2D eigenvalue weighted by atomic mass is 16.4. The number of rotatable bonds is 5. The molecule has 0 amide bonds. The molecule has 1 atom stereocenters. The first-order chi connectivity index (χ1) is 8.16. The molecular formula is C11H13N3O3. The van der Waals surface area contributed by atoms with E-state index in [1.807, 2.05) is 13.1 Å². The van der Waals surface area contributed by atoms with Crippen molar-refractivity contribution in [3.63, 3.8) is 0 Å². The lowest BCUT2D eigenvalue weighted by atomic mass is 10.2. The van der Waals surface area contributed by atoms with Crippen LogP contribution in [-0.4, -0.2) is 21.3 Å². The number of hydrogen-bond donors (Lipinski definition) is 3. The highest BCUT2D eigenvalue weighted by Gasteiger charge is 2.10. The maximum atomic E-state index is 10.6. The molecule has 0 saturated heterocycles. The number of hydrogen-bond acceptors (Lipinski definition) is 4. The molecule has 0 spiro atoms. The molecule has 2 heterocycles. The molecule has 2 aromatic heterocycles. The van der Waals surface area contributed by atoms with Gasteiger partial charge in [-0.15, -0.1) is 0 Å². The van der Waals surface area contributed by atoms with Crippen LogP contribution in [0.2, 0.25) is 0 Å². The Balaban J connectivity index is 1.91. The number of aromatic nitrogens is 2. The summed E-state index contributed by atoms with van der Waals surface area (Å²) in [5, 5.41) is 18.5. The van der Waals surface area contributed by atoms with Crippen molar-refractivity contribution in [1.82, 2.24) is 15.5 Å². The van der Waals surface area contributed by atoms with Crippen molar-refractivity contribution in [2.75, 3.05) is 0 Å². The number of nitrogens with zero attached hydrogens (tertiary/aromatic N) is 1. The fraction of sp³-hybridized carbons (Fsp3) is 0.273. The third kappa shape index (κ3) is 2.73. The lowest BCUT2D eigenvalue weighted by molar-refractivity contribution is 0.0660. The van der Waals surface area contributed by atoms with Gasteiger partial charge in [0, 0.05) is 17.8 Å². The van der Waals surface area contributed by atoms with Gasteiger partial charge in [-0.1, -0.05) is 0 Å². The van der Waals surface area contributed by atoms with Crippen LogP contribution in [0.5, 0.6) is 0 Å². The van der Waals surface area contributed by atoms with Crippen LogP contribution < -0.4 is 5.32 Å². The lowest BCUT2D eigenvalue weighted by Crippen LogP contribution is -2.17. The highest BCUT2D eigenvalue weighted by Crippen LogP contribution is 2.12. The van der Waals surface area contributed by atoms with Crippen LogP contribution in [0.3, 0.4) is 0 Å². The Kier molecular flexibility index (Phi) is 3.24. The lowest BCUT2D eigenvalue weighted by Gasteiger charge is -2.09. The third-order valence-corrected chi connectivity index (χ3v) is 2.47. The molecule has 0 fully saturated rings. The average Bonchev–Trinajstić information content (AvgIpc) is 2.97. The zero-order valence-electron chi connectivity index (χ0n) is 9.30. The number of aromatic amines is 1. The van der Waals surface area contributed by atoms with Crippen molar-refractivity contribution in [1.29, 1.82) is 0 Å². The molecule has 1 unspecified atom stereocenters. The second kappa shape index (κ2) is 4.84. The molecule has 6 heteroatoms. The summed E-state index contributed by atoms with van der Waals surface area (Å²) in [6.07, 6.45) is 3.55. The van der Waals surface area contributed by atoms with E-state index in [0.717, 1.165) is 5.56 Å². The molecule has 0 radical (unpaired) electrons. The molecule has 0 aliphatic carbocycles. The Morgan fingerprint density at radius 3 is 3.06 bits per heavy atom. The quantitative estimate of drug-likeness (QED) is 0.731.